The van der Waals surface area contributed by atoms with E-state index in [1.165, 1.54) is 21.4 Å². The number of hydrogen-bond acceptors (Lipinski definition) is 6. The van der Waals surface area contributed by atoms with Crippen LogP contribution in [-0.2, 0) is 17.1 Å². The SMILES string of the molecule is Cc1nc(C2CCCCN2S(=O)(=O)c2cnn(C)c2)ncc1C(=O)N1CCCCC1. The van der Waals surface area contributed by atoms with Crippen molar-refractivity contribution < 1.29 is 13.2 Å². The Morgan fingerprint density at radius 1 is 1.07 bits per heavy atom. The van der Waals surface area contributed by atoms with Crippen molar-refractivity contribution in [2.75, 3.05) is 19.6 Å². The first kappa shape index (κ1) is 20.9. The summed E-state index contributed by atoms with van der Waals surface area (Å²) in [6, 6.07) is -0.443. The number of nitrogens with zero attached hydrogens (tertiary/aromatic N) is 6. The van der Waals surface area contributed by atoms with Crippen molar-refractivity contribution >= 4 is 15.9 Å². The number of sulfonamides is 1. The number of hydrogen-bond donors (Lipinski definition) is 0. The van der Waals surface area contributed by atoms with Crippen LogP contribution >= 0.6 is 0 Å². The van der Waals surface area contributed by atoms with Crippen molar-refractivity contribution in [3.8, 4) is 0 Å². The molecule has 2 aromatic heterocycles. The molecule has 2 aliphatic rings. The summed E-state index contributed by atoms with van der Waals surface area (Å²) in [4.78, 5) is 23.9. The molecule has 4 rings (SSSR count). The minimum Gasteiger partial charge on any atom is -0.339 e. The number of carbonyl (C=O) groups excluding carboxylic acids is 1. The molecule has 1 unspecified atom stereocenters. The topological polar surface area (TPSA) is 101 Å². The van der Waals surface area contributed by atoms with Crippen molar-refractivity contribution in [3.63, 3.8) is 0 Å². The summed E-state index contributed by atoms with van der Waals surface area (Å²) < 4.78 is 29.4. The number of aromatic nitrogens is 4. The van der Waals surface area contributed by atoms with E-state index in [1.807, 2.05) is 4.90 Å². The zero-order valence-corrected chi connectivity index (χ0v) is 18.3. The van der Waals surface area contributed by atoms with Gasteiger partial charge in [0.05, 0.1) is 23.5 Å². The van der Waals surface area contributed by atoms with Crippen LogP contribution in [0.15, 0.2) is 23.5 Å². The lowest BCUT2D eigenvalue weighted by Gasteiger charge is -2.33. The van der Waals surface area contributed by atoms with E-state index in [0.717, 1.165) is 45.2 Å². The molecule has 0 spiro atoms. The standard InChI is InChI=1S/C20H28N6O3S/c1-15-17(20(27)25-9-5-3-6-10-25)13-21-19(23-15)18-8-4-7-11-26(18)30(28,29)16-12-22-24(2)14-16/h12-14,18H,3-11H2,1-2H3. The second kappa shape index (κ2) is 8.43. The molecule has 0 bridgehead atoms. The van der Waals surface area contributed by atoms with Gasteiger partial charge in [-0.25, -0.2) is 18.4 Å². The lowest BCUT2D eigenvalue weighted by atomic mass is 10.0. The monoisotopic (exact) mass is 432 g/mol. The molecule has 30 heavy (non-hydrogen) atoms. The molecule has 0 N–H and O–H groups in total. The average molecular weight is 433 g/mol. The molecule has 2 saturated heterocycles. The fourth-order valence-electron chi connectivity index (χ4n) is 4.24. The second-order valence-corrected chi connectivity index (χ2v) is 9.95. The minimum absolute atomic E-state index is 0.0396. The molecule has 2 aliphatic heterocycles. The Morgan fingerprint density at radius 2 is 1.80 bits per heavy atom. The van der Waals surface area contributed by atoms with Crippen LogP contribution in [-0.4, -0.2) is 62.9 Å². The first-order valence-electron chi connectivity index (χ1n) is 10.5. The Morgan fingerprint density at radius 3 is 2.47 bits per heavy atom. The molecule has 1 atom stereocenters. The largest absolute Gasteiger partial charge is 0.339 e. The van der Waals surface area contributed by atoms with Gasteiger partial charge < -0.3 is 4.90 Å². The van der Waals surface area contributed by atoms with Crippen molar-refractivity contribution in [3.05, 3.63) is 35.7 Å². The fraction of sp³-hybridized carbons (Fsp3) is 0.600. The Kier molecular flexibility index (Phi) is 5.88. The van der Waals surface area contributed by atoms with Crippen LogP contribution in [0.3, 0.4) is 0 Å². The summed E-state index contributed by atoms with van der Waals surface area (Å²) in [6.07, 6.45) is 9.99. The molecular weight excluding hydrogens is 404 g/mol. The highest BCUT2D eigenvalue weighted by atomic mass is 32.2. The molecule has 0 radical (unpaired) electrons. The summed E-state index contributed by atoms with van der Waals surface area (Å²) in [5, 5.41) is 4.00. The predicted molar refractivity (Wildman–Crippen MR) is 110 cm³/mol. The Bertz CT molecular complexity index is 1030. The van der Waals surface area contributed by atoms with E-state index < -0.39 is 16.1 Å². The average Bonchev–Trinajstić information content (AvgIpc) is 3.21. The van der Waals surface area contributed by atoms with E-state index in [4.69, 9.17) is 0 Å². The number of piperidine rings is 2. The van der Waals surface area contributed by atoms with E-state index in [0.29, 0.717) is 30.0 Å². The summed E-state index contributed by atoms with van der Waals surface area (Å²) in [5.41, 5.74) is 1.10. The van der Waals surface area contributed by atoms with Gasteiger partial charge >= 0.3 is 0 Å². The van der Waals surface area contributed by atoms with Gasteiger partial charge in [-0.15, -0.1) is 0 Å². The van der Waals surface area contributed by atoms with Crippen LogP contribution in [0, 0.1) is 6.92 Å². The van der Waals surface area contributed by atoms with Gasteiger partial charge in [-0.1, -0.05) is 6.42 Å². The van der Waals surface area contributed by atoms with Crippen molar-refractivity contribution in [2.45, 2.75) is 56.4 Å². The van der Waals surface area contributed by atoms with E-state index in [1.54, 1.807) is 20.2 Å². The molecule has 0 saturated carbocycles. The van der Waals surface area contributed by atoms with Gasteiger partial charge in [-0.3, -0.25) is 9.48 Å². The van der Waals surface area contributed by atoms with E-state index in [2.05, 4.69) is 15.1 Å². The van der Waals surface area contributed by atoms with Gasteiger partial charge in [0, 0.05) is 39.1 Å². The summed E-state index contributed by atoms with van der Waals surface area (Å²) in [7, 11) is -2.01. The van der Waals surface area contributed by atoms with Crippen molar-refractivity contribution in [1.29, 1.82) is 0 Å². The fourth-order valence-corrected chi connectivity index (χ4v) is 5.88. The lowest BCUT2D eigenvalue weighted by molar-refractivity contribution is 0.0722. The maximum atomic E-state index is 13.2. The molecule has 0 aliphatic carbocycles. The number of likely N-dealkylation sites (tertiary alicyclic amines) is 1. The lowest BCUT2D eigenvalue weighted by Crippen LogP contribution is -2.39. The molecule has 4 heterocycles. The molecule has 2 fully saturated rings. The highest BCUT2D eigenvalue weighted by molar-refractivity contribution is 7.89. The molecule has 10 heteroatoms. The van der Waals surface area contributed by atoms with Crippen molar-refractivity contribution in [2.24, 2.45) is 7.05 Å². The van der Waals surface area contributed by atoms with Crippen LogP contribution in [0.4, 0.5) is 0 Å². The first-order chi connectivity index (χ1) is 14.4. The number of carbonyl (C=O) groups is 1. The Labute approximate surface area is 177 Å². The molecule has 1 amide bonds. The van der Waals surface area contributed by atoms with Gasteiger partial charge in [0.25, 0.3) is 5.91 Å². The van der Waals surface area contributed by atoms with Crippen molar-refractivity contribution in [1.82, 2.24) is 29.0 Å². The Hall–Kier alpha value is -2.33. The van der Waals surface area contributed by atoms with Crippen LogP contribution in [0.1, 0.15) is 66.4 Å². The van der Waals surface area contributed by atoms with Crippen LogP contribution < -0.4 is 0 Å². The molecule has 9 nitrogen and oxygen atoms in total. The van der Waals surface area contributed by atoms with Gasteiger partial charge in [0.1, 0.15) is 10.7 Å². The maximum absolute atomic E-state index is 13.2. The maximum Gasteiger partial charge on any atom is 0.257 e. The van der Waals surface area contributed by atoms with Gasteiger partial charge in [-0.05, 0) is 39.0 Å². The molecule has 2 aromatic rings. The number of amides is 1. The van der Waals surface area contributed by atoms with Crippen LogP contribution in [0.5, 0.6) is 0 Å². The summed E-state index contributed by atoms with van der Waals surface area (Å²) in [5.74, 6) is 0.414. The first-order valence-corrected chi connectivity index (χ1v) is 12.0. The molecule has 0 aromatic carbocycles. The van der Waals surface area contributed by atoms with Crippen LogP contribution in [0.25, 0.3) is 0 Å². The summed E-state index contributed by atoms with van der Waals surface area (Å²) in [6.45, 7) is 3.74. The highest BCUT2D eigenvalue weighted by Gasteiger charge is 2.37. The van der Waals surface area contributed by atoms with Crippen LogP contribution in [0.2, 0.25) is 0 Å². The normalized spacial score (nSPS) is 21.0. The Balaban J connectivity index is 1.61. The minimum atomic E-state index is -3.70. The molecular formula is C20H28N6O3S. The summed E-state index contributed by atoms with van der Waals surface area (Å²) >= 11 is 0. The van der Waals surface area contributed by atoms with Gasteiger partial charge in [-0.2, -0.15) is 9.40 Å². The zero-order chi connectivity index (χ0) is 21.3. The number of rotatable bonds is 4. The van der Waals surface area contributed by atoms with Gasteiger partial charge in [0.2, 0.25) is 10.0 Å². The van der Waals surface area contributed by atoms with E-state index in [-0.39, 0.29) is 10.8 Å². The third-order valence-corrected chi connectivity index (χ3v) is 7.77. The predicted octanol–water partition coefficient (Wildman–Crippen LogP) is 2.06. The quantitative estimate of drug-likeness (QED) is 0.733. The zero-order valence-electron chi connectivity index (χ0n) is 17.5. The van der Waals surface area contributed by atoms with E-state index >= 15 is 0 Å². The third-order valence-electron chi connectivity index (χ3n) is 5.91. The molecule has 162 valence electrons. The smallest absolute Gasteiger partial charge is 0.257 e. The van der Waals surface area contributed by atoms with Gasteiger partial charge in [0.15, 0.2) is 0 Å². The highest BCUT2D eigenvalue weighted by Crippen LogP contribution is 2.34. The number of aryl methyl sites for hydroxylation is 2. The second-order valence-electron chi connectivity index (χ2n) is 8.06. The third kappa shape index (κ3) is 3.98. The van der Waals surface area contributed by atoms with E-state index in [9.17, 15) is 13.2 Å².